The van der Waals surface area contributed by atoms with Crippen molar-refractivity contribution in [3.63, 3.8) is 0 Å². The number of anilines is 1. The lowest BCUT2D eigenvalue weighted by Gasteiger charge is -2.24. The Bertz CT molecular complexity index is 1670. The van der Waals surface area contributed by atoms with E-state index in [1.807, 2.05) is 69.3 Å². The molecule has 0 unspecified atom stereocenters. The molecule has 1 fully saturated rings. The third-order valence-electron chi connectivity index (χ3n) is 6.94. The van der Waals surface area contributed by atoms with E-state index in [9.17, 15) is 22.8 Å². The summed E-state index contributed by atoms with van der Waals surface area (Å²) in [6.07, 6.45) is -2.41. The zero-order chi connectivity index (χ0) is 30.8. The van der Waals surface area contributed by atoms with Crippen molar-refractivity contribution in [2.24, 2.45) is 4.99 Å². The van der Waals surface area contributed by atoms with Gasteiger partial charge in [0.2, 0.25) is 11.8 Å². The van der Waals surface area contributed by atoms with Crippen LogP contribution in [-0.4, -0.2) is 43.9 Å². The molecule has 1 aliphatic rings. The number of halogens is 3. The summed E-state index contributed by atoms with van der Waals surface area (Å²) in [5.74, 6) is -0.0864. The molecule has 0 radical (unpaired) electrons. The van der Waals surface area contributed by atoms with Crippen molar-refractivity contribution < 1.29 is 27.5 Å². The highest BCUT2D eigenvalue weighted by Crippen LogP contribution is 2.32. The van der Waals surface area contributed by atoms with E-state index in [1.54, 1.807) is 4.90 Å². The molecule has 2 amide bonds. The van der Waals surface area contributed by atoms with E-state index in [0.717, 1.165) is 28.8 Å². The van der Waals surface area contributed by atoms with Crippen LogP contribution in [-0.2, 0) is 21.4 Å². The largest absolute Gasteiger partial charge is 0.573 e. The van der Waals surface area contributed by atoms with Crippen LogP contribution < -0.4 is 9.64 Å². The van der Waals surface area contributed by atoms with Crippen molar-refractivity contribution in [3.8, 4) is 22.8 Å². The monoisotopic (exact) mass is 607 g/mol. The number of carbonyl (C=O) groups excluding carboxylic acids is 2. The molecule has 0 saturated carbocycles. The maximum absolute atomic E-state index is 13.1. The Balaban J connectivity index is 1.27. The fourth-order valence-electron chi connectivity index (χ4n) is 4.73. The first-order valence-electron chi connectivity index (χ1n) is 13.5. The van der Waals surface area contributed by atoms with E-state index in [4.69, 9.17) is 0 Å². The van der Waals surface area contributed by atoms with Gasteiger partial charge in [-0.25, -0.2) is 9.67 Å². The standard InChI is InChI=1S/C31H28F3N5O3S/c1-4-20-7-5-6-8-25(20)39-27(41)18-43-29(39)36-26(40)17-30(2,3)22-11-9-21(10-12-22)28-35-19-38(37-28)23-13-15-24(16-14-23)42-31(32,33)34/h5-16,19H,4,17-18H2,1-3H3. The van der Waals surface area contributed by atoms with Gasteiger partial charge in [-0.05, 0) is 53.3 Å². The maximum Gasteiger partial charge on any atom is 0.573 e. The van der Waals surface area contributed by atoms with Crippen molar-refractivity contribution in [1.29, 1.82) is 0 Å². The number of aliphatic imine (C=N–C) groups is 1. The average Bonchev–Trinajstić information content (AvgIpc) is 3.59. The maximum atomic E-state index is 13.1. The summed E-state index contributed by atoms with van der Waals surface area (Å²) in [5, 5.41) is 4.83. The second-order valence-corrected chi connectivity index (χ2v) is 11.4. The molecule has 222 valence electrons. The normalized spacial score (nSPS) is 14.9. The average molecular weight is 608 g/mol. The van der Waals surface area contributed by atoms with Gasteiger partial charge >= 0.3 is 6.36 Å². The van der Waals surface area contributed by atoms with Crippen LogP contribution in [0.15, 0.2) is 84.1 Å². The first-order valence-corrected chi connectivity index (χ1v) is 14.5. The SMILES string of the molecule is CCc1ccccc1N1C(=O)CSC1=NC(=O)CC(C)(C)c1ccc(-c2ncn(-c3ccc(OC(F)(F)F)cc3)n2)cc1. The second kappa shape index (κ2) is 12.0. The Kier molecular flexibility index (Phi) is 8.41. The minimum absolute atomic E-state index is 0.101. The first kappa shape index (κ1) is 30.0. The van der Waals surface area contributed by atoms with Gasteiger partial charge < -0.3 is 4.74 Å². The van der Waals surface area contributed by atoms with Crippen LogP contribution in [0, 0.1) is 0 Å². The molecule has 4 aromatic rings. The third-order valence-corrected chi connectivity index (χ3v) is 7.87. The molecule has 0 atom stereocenters. The molecule has 3 aromatic carbocycles. The lowest BCUT2D eigenvalue weighted by molar-refractivity contribution is -0.274. The zero-order valence-electron chi connectivity index (χ0n) is 23.6. The van der Waals surface area contributed by atoms with Gasteiger partial charge in [-0.3, -0.25) is 14.5 Å². The summed E-state index contributed by atoms with van der Waals surface area (Å²) in [4.78, 5) is 36.0. The molecule has 0 N–H and O–H groups in total. The number of nitrogens with zero attached hydrogens (tertiary/aromatic N) is 5. The summed E-state index contributed by atoms with van der Waals surface area (Å²) in [6, 6.07) is 20.4. The van der Waals surface area contributed by atoms with E-state index in [2.05, 4.69) is 19.8 Å². The molecular formula is C31H28F3N5O3S. The van der Waals surface area contributed by atoms with Crippen molar-refractivity contribution in [2.45, 2.75) is 45.4 Å². The van der Waals surface area contributed by atoms with E-state index in [0.29, 0.717) is 16.7 Å². The molecular weight excluding hydrogens is 579 g/mol. The van der Waals surface area contributed by atoms with E-state index < -0.39 is 11.8 Å². The van der Waals surface area contributed by atoms with Crippen LogP contribution in [0.25, 0.3) is 17.1 Å². The lowest BCUT2D eigenvalue weighted by Crippen LogP contribution is -2.31. The number of hydrogen-bond donors (Lipinski definition) is 0. The topological polar surface area (TPSA) is 89.7 Å². The number of carbonyl (C=O) groups is 2. The van der Waals surface area contributed by atoms with Gasteiger partial charge in [-0.1, -0.05) is 75.0 Å². The number of aromatic nitrogens is 3. The number of hydrogen-bond acceptors (Lipinski definition) is 6. The molecule has 2 heterocycles. The van der Waals surface area contributed by atoms with Crippen molar-refractivity contribution in [3.05, 3.63) is 90.3 Å². The number of para-hydroxylation sites is 1. The van der Waals surface area contributed by atoms with Crippen LogP contribution in [0.2, 0.25) is 0 Å². The number of thioether (sulfide) groups is 1. The molecule has 8 nitrogen and oxygen atoms in total. The summed E-state index contributed by atoms with van der Waals surface area (Å²) >= 11 is 1.26. The number of rotatable bonds is 8. The Morgan fingerprint density at radius 2 is 1.72 bits per heavy atom. The third kappa shape index (κ3) is 6.96. The van der Waals surface area contributed by atoms with Crippen molar-refractivity contribution in [1.82, 2.24) is 14.8 Å². The van der Waals surface area contributed by atoms with Gasteiger partial charge in [0.1, 0.15) is 12.1 Å². The molecule has 5 rings (SSSR count). The number of amides is 2. The molecule has 1 aromatic heterocycles. The minimum Gasteiger partial charge on any atom is -0.406 e. The number of ether oxygens (including phenoxy) is 1. The van der Waals surface area contributed by atoms with Crippen LogP contribution in [0.5, 0.6) is 5.75 Å². The highest BCUT2D eigenvalue weighted by molar-refractivity contribution is 8.15. The quantitative estimate of drug-likeness (QED) is 0.221. The summed E-state index contributed by atoms with van der Waals surface area (Å²) in [7, 11) is 0. The van der Waals surface area contributed by atoms with Gasteiger partial charge in [0.25, 0.3) is 0 Å². The number of alkyl halides is 3. The summed E-state index contributed by atoms with van der Waals surface area (Å²) in [6.45, 7) is 5.93. The van der Waals surface area contributed by atoms with E-state index in [1.165, 1.54) is 47.0 Å². The number of amidine groups is 1. The molecule has 0 bridgehead atoms. The van der Waals surface area contributed by atoms with Gasteiger partial charge in [-0.15, -0.1) is 18.3 Å². The Morgan fingerprint density at radius 1 is 1.02 bits per heavy atom. The van der Waals surface area contributed by atoms with Crippen LogP contribution in [0.3, 0.4) is 0 Å². The van der Waals surface area contributed by atoms with E-state index in [-0.39, 0.29) is 29.7 Å². The fourth-order valence-corrected chi connectivity index (χ4v) is 5.60. The Hall–Kier alpha value is -4.45. The second-order valence-electron chi connectivity index (χ2n) is 10.5. The number of benzene rings is 3. The van der Waals surface area contributed by atoms with Gasteiger partial charge in [-0.2, -0.15) is 4.99 Å². The Labute approximate surface area is 250 Å². The van der Waals surface area contributed by atoms with Crippen molar-refractivity contribution in [2.75, 3.05) is 10.7 Å². The Morgan fingerprint density at radius 3 is 2.40 bits per heavy atom. The van der Waals surface area contributed by atoms with Gasteiger partial charge in [0, 0.05) is 12.0 Å². The molecule has 0 spiro atoms. The highest BCUT2D eigenvalue weighted by atomic mass is 32.2. The van der Waals surface area contributed by atoms with Crippen molar-refractivity contribution >= 4 is 34.4 Å². The van der Waals surface area contributed by atoms with Gasteiger partial charge in [0.05, 0.1) is 17.1 Å². The summed E-state index contributed by atoms with van der Waals surface area (Å²) in [5.41, 5.74) is 3.37. The fraction of sp³-hybridized carbons (Fsp3) is 0.258. The van der Waals surface area contributed by atoms with Gasteiger partial charge in [0.15, 0.2) is 11.0 Å². The highest BCUT2D eigenvalue weighted by Gasteiger charge is 2.33. The zero-order valence-corrected chi connectivity index (χ0v) is 24.4. The van der Waals surface area contributed by atoms with Crippen LogP contribution in [0.4, 0.5) is 18.9 Å². The molecule has 12 heteroatoms. The smallest absolute Gasteiger partial charge is 0.406 e. The van der Waals surface area contributed by atoms with E-state index >= 15 is 0 Å². The predicted molar refractivity (Wildman–Crippen MR) is 159 cm³/mol. The number of aryl methyl sites for hydroxylation is 1. The molecule has 43 heavy (non-hydrogen) atoms. The summed E-state index contributed by atoms with van der Waals surface area (Å²) < 4.78 is 42.6. The molecule has 1 saturated heterocycles. The molecule has 1 aliphatic heterocycles. The lowest BCUT2D eigenvalue weighted by atomic mass is 9.81. The first-order chi connectivity index (χ1) is 20.4. The predicted octanol–water partition coefficient (Wildman–Crippen LogP) is 6.73. The van der Waals surface area contributed by atoms with Crippen LogP contribution in [0.1, 0.15) is 38.3 Å². The van der Waals surface area contributed by atoms with Crippen LogP contribution >= 0.6 is 11.8 Å². The minimum atomic E-state index is -4.76. The molecule has 0 aliphatic carbocycles.